The van der Waals surface area contributed by atoms with E-state index in [-0.39, 0.29) is 0 Å². The van der Waals surface area contributed by atoms with Gasteiger partial charge < -0.3 is 10.1 Å². The summed E-state index contributed by atoms with van der Waals surface area (Å²) in [6, 6.07) is 0.528. The first-order valence-corrected chi connectivity index (χ1v) is 7.29. The third-order valence-electron chi connectivity index (χ3n) is 3.04. The van der Waals surface area contributed by atoms with Crippen molar-refractivity contribution in [1.29, 1.82) is 0 Å². The molecule has 1 N–H and O–H groups in total. The molecule has 0 aliphatic rings. The number of hydrogen-bond donors (Lipinski definition) is 1. The van der Waals surface area contributed by atoms with Crippen LogP contribution in [0.2, 0.25) is 0 Å². The molecule has 0 unspecified atom stereocenters. The summed E-state index contributed by atoms with van der Waals surface area (Å²) in [4.78, 5) is 0. The first-order valence-electron chi connectivity index (χ1n) is 7.29. The molecule has 0 aliphatic heterocycles. The molecule has 1 heterocycles. The summed E-state index contributed by atoms with van der Waals surface area (Å²) in [6.45, 7) is 10.6. The van der Waals surface area contributed by atoms with E-state index in [0.717, 1.165) is 12.2 Å². The van der Waals surface area contributed by atoms with E-state index in [1.807, 2.05) is 10.9 Å². The molecule has 4 heteroatoms. The lowest BCUT2D eigenvalue weighted by molar-refractivity contribution is 0.183. The Kier molecular flexibility index (Phi) is 6.92. The Morgan fingerprint density at radius 2 is 1.84 bits per heavy atom. The average molecular weight is 267 g/mol. The fourth-order valence-corrected chi connectivity index (χ4v) is 2.33. The average Bonchev–Trinajstić information content (AvgIpc) is 2.72. The van der Waals surface area contributed by atoms with Gasteiger partial charge in [-0.1, -0.05) is 27.7 Å². The zero-order valence-corrected chi connectivity index (χ0v) is 13.0. The van der Waals surface area contributed by atoms with Gasteiger partial charge in [-0.3, -0.25) is 4.68 Å². The van der Waals surface area contributed by atoms with Gasteiger partial charge in [0, 0.05) is 19.3 Å². The molecule has 1 rings (SSSR count). The lowest BCUT2D eigenvalue weighted by Gasteiger charge is -2.22. The van der Waals surface area contributed by atoms with Crippen LogP contribution in [-0.2, 0) is 11.3 Å². The second-order valence-corrected chi connectivity index (χ2v) is 6.09. The lowest BCUT2D eigenvalue weighted by Crippen LogP contribution is -2.23. The van der Waals surface area contributed by atoms with Crippen LogP contribution in [0.15, 0.2) is 12.4 Å². The molecule has 0 spiro atoms. The van der Waals surface area contributed by atoms with Crippen LogP contribution in [0.4, 0.5) is 5.69 Å². The van der Waals surface area contributed by atoms with Gasteiger partial charge in [0.25, 0.3) is 0 Å². The molecule has 0 bridgehead atoms. The first-order chi connectivity index (χ1) is 9.01. The van der Waals surface area contributed by atoms with E-state index in [0.29, 0.717) is 24.5 Å². The predicted octanol–water partition coefficient (Wildman–Crippen LogP) is 3.40. The molecule has 0 amide bonds. The summed E-state index contributed by atoms with van der Waals surface area (Å²) in [5, 5.41) is 7.95. The first kappa shape index (κ1) is 16.0. The normalized spacial score (nSPS) is 11.8. The van der Waals surface area contributed by atoms with Crippen molar-refractivity contribution in [3.8, 4) is 0 Å². The van der Waals surface area contributed by atoms with E-state index in [1.54, 1.807) is 7.11 Å². The highest BCUT2D eigenvalue weighted by Gasteiger charge is 2.13. The monoisotopic (exact) mass is 267 g/mol. The summed E-state index contributed by atoms with van der Waals surface area (Å²) in [6.07, 6.45) is 6.36. The van der Waals surface area contributed by atoms with E-state index in [2.05, 4.69) is 44.3 Å². The Labute approximate surface area is 117 Å². The van der Waals surface area contributed by atoms with Crippen molar-refractivity contribution in [3.05, 3.63) is 12.4 Å². The Morgan fingerprint density at radius 1 is 1.21 bits per heavy atom. The van der Waals surface area contributed by atoms with Gasteiger partial charge in [-0.05, 0) is 24.7 Å². The number of nitrogens with one attached hydrogen (secondary N) is 1. The number of ether oxygens (including phenoxy) is 1. The third kappa shape index (κ3) is 6.62. The second kappa shape index (κ2) is 8.20. The molecular weight excluding hydrogens is 238 g/mol. The predicted molar refractivity (Wildman–Crippen MR) is 80.4 cm³/mol. The van der Waals surface area contributed by atoms with Crippen LogP contribution in [0.25, 0.3) is 0 Å². The highest BCUT2D eigenvalue weighted by atomic mass is 16.5. The maximum atomic E-state index is 5.06. The fraction of sp³-hybridized carbons (Fsp3) is 0.800. The van der Waals surface area contributed by atoms with E-state index in [9.17, 15) is 0 Å². The number of aromatic nitrogens is 2. The number of anilines is 1. The number of nitrogens with zero attached hydrogens (tertiary/aromatic N) is 2. The molecule has 0 saturated carbocycles. The van der Waals surface area contributed by atoms with E-state index >= 15 is 0 Å². The van der Waals surface area contributed by atoms with Gasteiger partial charge in [0.15, 0.2) is 0 Å². The number of hydrogen-bond acceptors (Lipinski definition) is 3. The molecule has 1 aromatic rings. The Balaban J connectivity index is 2.54. The van der Waals surface area contributed by atoms with Crippen molar-refractivity contribution in [2.75, 3.05) is 19.0 Å². The van der Waals surface area contributed by atoms with Crippen molar-refractivity contribution < 1.29 is 4.74 Å². The summed E-state index contributed by atoms with van der Waals surface area (Å²) >= 11 is 0. The van der Waals surface area contributed by atoms with Crippen LogP contribution in [0, 0.1) is 11.8 Å². The smallest absolute Gasteiger partial charge is 0.0728 e. The second-order valence-electron chi connectivity index (χ2n) is 6.09. The van der Waals surface area contributed by atoms with Crippen LogP contribution >= 0.6 is 0 Å². The van der Waals surface area contributed by atoms with Gasteiger partial charge in [-0.2, -0.15) is 5.10 Å². The minimum absolute atomic E-state index is 0.528. The molecule has 19 heavy (non-hydrogen) atoms. The molecule has 0 aliphatic carbocycles. The molecule has 0 fully saturated rings. The molecule has 1 aromatic heterocycles. The van der Waals surface area contributed by atoms with Crippen molar-refractivity contribution in [2.45, 2.75) is 53.1 Å². The number of methoxy groups -OCH3 is 1. The zero-order chi connectivity index (χ0) is 14.3. The van der Waals surface area contributed by atoms with Crippen LogP contribution in [-0.4, -0.2) is 29.5 Å². The van der Waals surface area contributed by atoms with E-state index in [1.165, 1.54) is 12.8 Å². The SMILES string of the molecule is COCCn1cc(NC(CC(C)C)CC(C)C)cn1. The maximum Gasteiger partial charge on any atom is 0.0728 e. The molecular formula is C15H29N3O. The summed E-state index contributed by atoms with van der Waals surface area (Å²) in [7, 11) is 1.71. The van der Waals surface area contributed by atoms with Gasteiger partial charge in [-0.25, -0.2) is 0 Å². The zero-order valence-electron chi connectivity index (χ0n) is 13.0. The van der Waals surface area contributed by atoms with E-state index in [4.69, 9.17) is 4.74 Å². The highest BCUT2D eigenvalue weighted by molar-refractivity contribution is 5.39. The molecule has 0 saturated heterocycles. The highest BCUT2D eigenvalue weighted by Crippen LogP contribution is 2.18. The summed E-state index contributed by atoms with van der Waals surface area (Å²) < 4.78 is 6.98. The van der Waals surface area contributed by atoms with Gasteiger partial charge in [0.1, 0.15) is 0 Å². The molecule has 4 nitrogen and oxygen atoms in total. The van der Waals surface area contributed by atoms with Crippen LogP contribution in [0.1, 0.15) is 40.5 Å². The Morgan fingerprint density at radius 3 is 2.37 bits per heavy atom. The standard InChI is InChI=1S/C15H29N3O/c1-12(2)8-14(9-13(3)4)17-15-10-16-18(11-15)6-7-19-5/h10-14,17H,6-9H2,1-5H3. The van der Waals surface area contributed by atoms with Crippen molar-refractivity contribution >= 4 is 5.69 Å². The van der Waals surface area contributed by atoms with Crippen molar-refractivity contribution in [1.82, 2.24) is 9.78 Å². The quantitative estimate of drug-likeness (QED) is 0.745. The topological polar surface area (TPSA) is 39.1 Å². The van der Waals surface area contributed by atoms with E-state index < -0.39 is 0 Å². The fourth-order valence-electron chi connectivity index (χ4n) is 2.33. The molecule has 0 aromatic carbocycles. The largest absolute Gasteiger partial charge is 0.383 e. The molecule has 110 valence electrons. The van der Waals surface area contributed by atoms with Gasteiger partial charge in [0.05, 0.1) is 25.0 Å². The minimum atomic E-state index is 0.528. The maximum absolute atomic E-state index is 5.06. The van der Waals surface area contributed by atoms with Crippen molar-refractivity contribution in [2.24, 2.45) is 11.8 Å². The number of rotatable bonds is 9. The van der Waals surface area contributed by atoms with Crippen molar-refractivity contribution in [3.63, 3.8) is 0 Å². The summed E-state index contributed by atoms with van der Waals surface area (Å²) in [5.41, 5.74) is 1.11. The minimum Gasteiger partial charge on any atom is -0.383 e. The summed E-state index contributed by atoms with van der Waals surface area (Å²) in [5.74, 6) is 1.42. The van der Waals surface area contributed by atoms with Crippen LogP contribution < -0.4 is 5.32 Å². The van der Waals surface area contributed by atoms with Crippen LogP contribution in [0.3, 0.4) is 0 Å². The Hall–Kier alpha value is -1.03. The molecule has 0 atom stereocenters. The Bertz CT molecular complexity index is 337. The third-order valence-corrected chi connectivity index (χ3v) is 3.04. The molecule has 0 radical (unpaired) electrons. The van der Waals surface area contributed by atoms with Gasteiger partial charge >= 0.3 is 0 Å². The van der Waals surface area contributed by atoms with Gasteiger partial charge in [0.2, 0.25) is 0 Å². The van der Waals surface area contributed by atoms with Gasteiger partial charge in [-0.15, -0.1) is 0 Å². The van der Waals surface area contributed by atoms with Crippen LogP contribution in [0.5, 0.6) is 0 Å². The lowest BCUT2D eigenvalue weighted by atomic mass is 9.95.